The van der Waals surface area contributed by atoms with E-state index >= 15 is 0 Å². The molecule has 3 rings (SSSR count). The molecule has 8 nitrogen and oxygen atoms in total. The predicted octanol–water partition coefficient (Wildman–Crippen LogP) is 3.46. The molecule has 0 radical (unpaired) electrons. The van der Waals surface area contributed by atoms with Crippen molar-refractivity contribution in [2.45, 2.75) is 26.7 Å². The molecule has 29 heavy (non-hydrogen) atoms. The summed E-state index contributed by atoms with van der Waals surface area (Å²) in [5.41, 5.74) is 9.62. The average molecular weight is 394 g/mol. The number of nitrogens with zero attached hydrogens (tertiary/aromatic N) is 3. The zero-order chi connectivity index (χ0) is 20.6. The van der Waals surface area contributed by atoms with Gasteiger partial charge in [0.1, 0.15) is 5.52 Å². The minimum absolute atomic E-state index is 0.0186. The maximum atomic E-state index is 11.5. The fourth-order valence-corrected chi connectivity index (χ4v) is 2.78. The number of aromatic nitrogens is 3. The molecule has 0 aliphatic rings. The van der Waals surface area contributed by atoms with E-state index in [0.29, 0.717) is 36.4 Å². The van der Waals surface area contributed by atoms with Gasteiger partial charge in [0, 0.05) is 30.8 Å². The number of ether oxygens (including phenoxy) is 1. The Hall–Kier alpha value is -3.26. The van der Waals surface area contributed by atoms with Crippen LogP contribution in [0.25, 0.3) is 22.3 Å². The first-order chi connectivity index (χ1) is 14.1. The summed E-state index contributed by atoms with van der Waals surface area (Å²) in [4.78, 5) is 24.8. The Morgan fingerprint density at radius 1 is 1.03 bits per heavy atom. The minimum atomic E-state index is -0.0186. The summed E-state index contributed by atoms with van der Waals surface area (Å²) in [6, 6.07) is 11.3. The van der Waals surface area contributed by atoms with E-state index in [1.807, 2.05) is 43.3 Å². The van der Waals surface area contributed by atoms with Gasteiger partial charge in [-0.25, -0.2) is 9.97 Å². The van der Waals surface area contributed by atoms with Crippen molar-refractivity contribution in [3.63, 3.8) is 0 Å². The molecule has 0 fully saturated rings. The molecule has 0 unspecified atom stereocenters. The number of hydrogen-bond donors (Lipinski definition) is 3. The van der Waals surface area contributed by atoms with Gasteiger partial charge in [-0.15, -0.1) is 0 Å². The Labute approximate surface area is 169 Å². The highest BCUT2D eigenvalue weighted by atomic mass is 16.5. The van der Waals surface area contributed by atoms with Crippen LogP contribution in [0.5, 0.6) is 0 Å². The van der Waals surface area contributed by atoms with Gasteiger partial charge in [-0.05, 0) is 30.7 Å². The monoisotopic (exact) mass is 394 g/mol. The van der Waals surface area contributed by atoms with Crippen LogP contribution in [-0.4, -0.2) is 40.6 Å². The predicted molar refractivity (Wildman–Crippen MR) is 116 cm³/mol. The number of hydrogen-bond acceptors (Lipinski definition) is 7. The topological polar surface area (TPSA) is 115 Å². The van der Waals surface area contributed by atoms with Crippen molar-refractivity contribution < 1.29 is 9.53 Å². The van der Waals surface area contributed by atoms with Crippen molar-refractivity contribution in [3.8, 4) is 11.3 Å². The van der Waals surface area contributed by atoms with Crippen LogP contribution in [0.1, 0.15) is 26.7 Å². The number of amides is 1. The van der Waals surface area contributed by atoms with Gasteiger partial charge in [0.25, 0.3) is 0 Å². The Morgan fingerprint density at radius 2 is 1.83 bits per heavy atom. The van der Waals surface area contributed by atoms with E-state index in [0.717, 1.165) is 30.0 Å². The smallest absolute Gasteiger partial charge is 0.224 e. The highest BCUT2D eigenvalue weighted by molar-refractivity contribution is 5.91. The van der Waals surface area contributed by atoms with Crippen LogP contribution in [0.4, 0.5) is 17.5 Å². The molecule has 2 heterocycles. The first-order valence-corrected chi connectivity index (χ1v) is 9.77. The SMILES string of the molecule is CCCOCCNc1nc(N)nc2ccc(-c3ccc(NC(=O)CC)cc3)nc12. The molecule has 1 aromatic carbocycles. The number of benzene rings is 1. The lowest BCUT2D eigenvalue weighted by Gasteiger charge is -2.11. The highest BCUT2D eigenvalue weighted by Crippen LogP contribution is 2.25. The molecule has 0 bridgehead atoms. The van der Waals surface area contributed by atoms with Gasteiger partial charge in [-0.3, -0.25) is 4.79 Å². The van der Waals surface area contributed by atoms with E-state index in [4.69, 9.17) is 15.5 Å². The summed E-state index contributed by atoms with van der Waals surface area (Å²) < 4.78 is 5.50. The second kappa shape index (κ2) is 9.79. The normalized spacial score (nSPS) is 10.8. The van der Waals surface area contributed by atoms with Crippen molar-refractivity contribution in [3.05, 3.63) is 36.4 Å². The van der Waals surface area contributed by atoms with Crippen molar-refractivity contribution in [2.75, 3.05) is 36.1 Å². The number of anilines is 3. The molecule has 0 spiro atoms. The van der Waals surface area contributed by atoms with Gasteiger partial charge >= 0.3 is 0 Å². The number of nitrogen functional groups attached to an aromatic ring is 1. The molecule has 1 amide bonds. The summed E-state index contributed by atoms with van der Waals surface area (Å²) in [6.45, 7) is 5.79. The zero-order valence-corrected chi connectivity index (χ0v) is 16.7. The summed E-state index contributed by atoms with van der Waals surface area (Å²) in [7, 11) is 0. The molecular formula is C21H26N6O2. The molecule has 0 saturated heterocycles. The lowest BCUT2D eigenvalue weighted by molar-refractivity contribution is -0.115. The van der Waals surface area contributed by atoms with Crippen LogP contribution < -0.4 is 16.4 Å². The van der Waals surface area contributed by atoms with Gasteiger partial charge in [0.15, 0.2) is 5.82 Å². The molecule has 4 N–H and O–H groups in total. The van der Waals surface area contributed by atoms with Gasteiger partial charge in [-0.1, -0.05) is 26.0 Å². The first-order valence-electron chi connectivity index (χ1n) is 9.77. The first kappa shape index (κ1) is 20.5. The number of rotatable bonds is 9. The second-order valence-corrected chi connectivity index (χ2v) is 6.51. The number of nitrogens with one attached hydrogen (secondary N) is 2. The van der Waals surface area contributed by atoms with Crippen molar-refractivity contribution in [1.82, 2.24) is 15.0 Å². The number of nitrogens with two attached hydrogens (primary N) is 1. The third kappa shape index (κ3) is 5.39. The molecule has 2 aromatic heterocycles. The summed E-state index contributed by atoms with van der Waals surface area (Å²) in [5.74, 6) is 0.760. The van der Waals surface area contributed by atoms with Gasteiger partial charge in [0.05, 0.1) is 17.8 Å². The molecule has 0 aliphatic carbocycles. The number of fused-ring (bicyclic) bond motifs is 1. The Balaban J connectivity index is 1.83. The van der Waals surface area contributed by atoms with Crippen molar-refractivity contribution in [1.29, 1.82) is 0 Å². The minimum Gasteiger partial charge on any atom is -0.380 e. The third-order valence-electron chi connectivity index (χ3n) is 4.23. The molecule has 0 saturated carbocycles. The van der Waals surface area contributed by atoms with Crippen LogP contribution in [-0.2, 0) is 9.53 Å². The molecule has 152 valence electrons. The largest absolute Gasteiger partial charge is 0.380 e. The molecule has 3 aromatic rings. The van der Waals surface area contributed by atoms with Gasteiger partial charge in [0.2, 0.25) is 11.9 Å². The third-order valence-corrected chi connectivity index (χ3v) is 4.23. The standard InChI is InChI=1S/C21H26N6O2/c1-3-12-29-13-11-23-20-19-17(26-21(22)27-20)10-9-16(25-19)14-5-7-15(8-6-14)24-18(28)4-2/h5-10H,3-4,11-13H2,1-2H3,(H,24,28)(H3,22,23,26,27). The van der Waals surface area contributed by atoms with Crippen LogP contribution >= 0.6 is 0 Å². The molecule has 0 aliphatic heterocycles. The Morgan fingerprint density at radius 3 is 2.55 bits per heavy atom. The summed E-state index contributed by atoms with van der Waals surface area (Å²) in [6.07, 6.45) is 1.42. The maximum Gasteiger partial charge on any atom is 0.224 e. The summed E-state index contributed by atoms with van der Waals surface area (Å²) >= 11 is 0. The van der Waals surface area contributed by atoms with Crippen molar-refractivity contribution in [2.24, 2.45) is 0 Å². The number of carbonyl (C=O) groups is 1. The summed E-state index contributed by atoms with van der Waals surface area (Å²) in [5, 5.41) is 6.07. The van der Waals surface area contributed by atoms with Crippen LogP contribution in [0, 0.1) is 0 Å². The second-order valence-electron chi connectivity index (χ2n) is 6.51. The highest BCUT2D eigenvalue weighted by Gasteiger charge is 2.10. The maximum absolute atomic E-state index is 11.5. The lowest BCUT2D eigenvalue weighted by Crippen LogP contribution is -2.12. The number of carbonyl (C=O) groups excluding carboxylic acids is 1. The van der Waals surface area contributed by atoms with E-state index in [1.165, 1.54) is 0 Å². The van der Waals surface area contributed by atoms with Gasteiger partial charge in [-0.2, -0.15) is 4.98 Å². The molecule has 0 atom stereocenters. The Bertz CT molecular complexity index is 975. The quantitative estimate of drug-likeness (QED) is 0.476. The van der Waals surface area contributed by atoms with Crippen molar-refractivity contribution >= 4 is 34.4 Å². The van der Waals surface area contributed by atoms with E-state index in [-0.39, 0.29) is 11.9 Å². The van der Waals surface area contributed by atoms with Crippen LogP contribution in [0.15, 0.2) is 36.4 Å². The van der Waals surface area contributed by atoms with Crippen LogP contribution in [0.2, 0.25) is 0 Å². The lowest BCUT2D eigenvalue weighted by atomic mass is 10.1. The number of pyridine rings is 1. The van der Waals surface area contributed by atoms with Crippen LogP contribution in [0.3, 0.4) is 0 Å². The van der Waals surface area contributed by atoms with E-state index in [1.54, 1.807) is 0 Å². The van der Waals surface area contributed by atoms with E-state index in [9.17, 15) is 4.79 Å². The van der Waals surface area contributed by atoms with E-state index in [2.05, 4.69) is 27.5 Å². The fourth-order valence-electron chi connectivity index (χ4n) is 2.78. The average Bonchev–Trinajstić information content (AvgIpc) is 2.73. The fraction of sp³-hybridized carbons (Fsp3) is 0.333. The molecular weight excluding hydrogens is 368 g/mol. The molecule has 8 heteroatoms. The Kier molecular flexibility index (Phi) is 6.91. The zero-order valence-electron chi connectivity index (χ0n) is 16.7. The van der Waals surface area contributed by atoms with Gasteiger partial charge < -0.3 is 21.1 Å². The van der Waals surface area contributed by atoms with E-state index < -0.39 is 0 Å².